The number of allylic oxidation sites excluding steroid dienone is 1. The van der Waals surface area contributed by atoms with Crippen LogP contribution in [0.4, 0.5) is 10.1 Å². The van der Waals surface area contributed by atoms with Crippen molar-refractivity contribution in [2.45, 2.75) is 6.42 Å². The summed E-state index contributed by atoms with van der Waals surface area (Å²) in [5.74, 6) is -0.255. The second kappa shape index (κ2) is 3.51. The van der Waals surface area contributed by atoms with E-state index in [9.17, 15) is 4.39 Å². The van der Waals surface area contributed by atoms with Gasteiger partial charge in [-0.15, -0.1) is 0 Å². The molecule has 0 atom stereocenters. The van der Waals surface area contributed by atoms with E-state index < -0.39 is 0 Å². The van der Waals surface area contributed by atoms with Gasteiger partial charge in [0, 0.05) is 23.9 Å². The highest BCUT2D eigenvalue weighted by Crippen LogP contribution is 2.30. The van der Waals surface area contributed by atoms with Crippen LogP contribution < -0.4 is 5.32 Å². The van der Waals surface area contributed by atoms with E-state index in [1.165, 1.54) is 18.2 Å². The fourth-order valence-electron chi connectivity index (χ4n) is 1.64. The summed E-state index contributed by atoms with van der Waals surface area (Å²) in [4.78, 5) is 0. The number of halogens is 1. The third-order valence-electron chi connectivity index (χ3n) is 2.28. The first-order valence-corrected chi connectivity index (χ1v) is 4.44. The maximum Gasteiger partial charge on any atom is 0.125 e. The molecule has 70 valence electrons. The van der Waals surface area contributed by atoms with E-state index in [1.807, 2.05) is 6.07 Å². The van der Waals surface area contributed by atoms with Crippen LogP contribution in [0.2, 0.25) is 0 Å². The van der Waals surface area contributed by atoms with Crippen molar-refractivity contribution in [2.75, 3.05) is 11.9 Å². The fourth-order valence-corrected chi connectivity index (χ4v) is 1.64. The van der Waals surface area contributed by atoms with Crippen molar-refractivity contribution in [1.29, 1.82) is 5.26 Å². The second-order valence-corrected chi connectivity index (χ2v) is 3.17. The molecule has 0 aliphatic carbocycles. The van der Waals surface area contributed by atoms with Gasteiger partial charge in [0.2, 0.25) is 0 Å². The number of hydrogen-bond donors (Lipinski definition) is 1. The lowest BCUT2D eigenvalue weighted by Gasteiger charge is -2.19. The van der Waals surface area contributed by atoms with Gasteiger partial charge in [-0.2, -0.15) is 5.26 Å². The number of benzene rings is 1. The van der Waals surface area contributed by atoms with Gasteiger partial charge in [-0.1, -0.05) is 0 Å². The molecule has 0 amide bonds. The molecule has 1 aromatic rings. The Morgan fingerprint density at radius 2 is 2.36 bits per heavy atom. The maximum absolute atomic E-state index is 12.9. The minimum Gasteiger partial charge on any atom is -0.384 e. The molecule has 1 heterocycles. The minimum atomic E-state index is -0.255. The SMILES string of the molecule is N#C/C=C1\CCNc2cc(F)ccc21. The summed E-state index contributed by atoms with van der Waals surface area (Å²) < 4.78 is 12.9. The van der Waals surface area contributed by atoms with Crippen LogP contribution in [0.1, 0.15) is 12.0 Å². The molecule has 0 radical (unpaired) electrons. The molecule has 14 heavy (non-hydrogen) atoms. The molecule has 0 spiro atoms. The number of nitrogens with zero attached hydrogens (tertiary/aromatic N) is 1. The Morgan fingerprint density at radius 1 is 1.50 bits per heavy atom. The minimum absolute atomic E-state index is 0.255. The van der Waals surface area contributed by atoms with E-state index in [0.29, 0.717) is 0 Å². The van der Waals surface area contributed by atoms with Gasteiger partial charge >= 0.3 is 0 Å². The molecule has 1 N–H and O–H groups in total. The predicted molar refractivity (Wildman–Crippen MR) is 53.1 cm³/mol. The van der Waals surface area contributed by atoms with Gasteiger partial charge in [0.15, 0.2) is 0 Å². The largest absolute Gasteiger partial charge is 0.384 e. The van der Waals surface area contributed by atoms with Gasteiger partial charge in [-0.25, -0.2) is 4.39 Å². The first-order valence-electron chi connectivity index (χ1n) is 4.44. The average Bonchev–Trinajstić information content (AvgIpc) is 2.18. The highest BCUT2D eigenvalue weighted by atomic mass is 19.1. The summed E-state index contributed by atoms with van der Waals surface area (Å²) in [5.41, 5.74) is 2.68. The smallest absolute Gasteiger partial charge is 0.125 e. The zero-order valence-corrected chi connectivity index (χ0v) is 7.55. The van der Waals surface area contributed by atoms with Gasteiger partial charge in [-0.05, 0) is 30.2 Å². The predicted octanol–water partition coefficient (Wildman–Crippen LogP) is 2.55. The van der Waals surface area contributed by atoms with E-state index >= 15 is 0 Å². The van der Waals surface area contributed by atoms with Crippen LogP contribution in [0.3, 0.4) is 0 Å². The maximum atomic E-state index is 12.9. The lowest BCUT2D eigenvalue weighted by atomic mass is 9.97. The number of nitriles is 1. The van der Waals surface area contributed by atoms with Crippen molar-refractivity contribution in [3.05, 3.63) is 35.7 Å². The first-order chi connectivity index (χ1) is 6.81. The number of fused-ring (bicyclic) bond motifs is 1. The van der Waals surface area contributed by atoms with E-state index in [4.69, 9.17) is 5.26 Å². The standard InChI is InChI=1S/C11H9FN2/c12-9-1-2-10-8(3-5-13)4-6-14-11(10)7-9/h1-3,7,14H,4,6H2/b8-3+. The highest BCUT2D eigenvalue weighted by molar-refractivity contribution is 5.80. The third kappa shape index (κ3) is 1.47. The van der Waals surface area contributed by atoms with Crippen LogP contribution in [-0.4, -0.2) is 6.54 Å². The first kappa shape index (κ1) is 8.76. The third-order valence-corrected chi connectivity index (χ3v) is 2.28. The van der Waals surface area contributed by atoms with Gasteiger partial charge in [0.1, 0.15) is 5.82 Å². The summed E-state index contributed by atoms with van der Waals surface area (Å²) in [5, 5.41) is 11.7. The Labute approximate surface area is 81.7 Å². The molecule has 1 aliphatic rings. The van der Waals surface area contributed by atoms with Crippen molar-refractivity contribution < 1.29 is 4.39 Å². The van der Waals surface area contributed by atoms with Crippen molar-refractivity contribution in [1.82, 2.24) is 0 Å². The van der Waals surface area contributed by atoms with E-state index in [-0.39, 0.29) is 5.82 Å². The molecule has 0 saturated heterocycles. The highest BCUT2D eigenvalue weighted by Gasteiger charge is 2.13. The van der Waals surface area contributed by atoms with E-state index in [0.717, 1.165) is 29.8 Å². The molecule has 3 heteroatoms. The summed E-state index contributed by atoms with van der Waals surface area (Å²) in [6.07, 6.45) is 2.34. The van der Waals surface area contributed by atoms with Crippen LogP contribution in [0.25, 0.3) is 5.57 Å². The van der Waals surface area contributed by atoms with Crippen molar-refractivity contribution in [2.24, 2.45) is 0 Å². The Kier molecular flexibility index (Phi) is 2.19. The molecular weight excluding hydrogens is 179 g/mol. The number of nitrogens with one attached hydrogen (secondary N) is 1. The second-order valence-electron chi connectivity index (χ2n) is 3.17. The Bertz CT molecular complexity index is 429. The topological polar surface area (TPSA) is 35.8 Å². The molecular formula is C11H9FN2. The van der Waals surface area contributed by atoms with Gasteiger partial charge in [-0.3, -0.25) is 0 Å². The van der Waals surface area contributed by atoms with Gasteiger partial charge < -0.3 is 5.32 Å². The number of rotatable bonds is 0. The van der Waals surface area contributed by atoms with Gasteiger partial charge in [0.05, 0.1) is 6.07 Å². The van der Waals surface area contributed by atoms with E-state index in [1.54, 1.807) is 6.07 Å². The van der Waals surface area contributed by atoms with Crippen molar-refractivity contribution in [3.63, 3.8) is 0 Å². The summed E-state index contributed by atoms with van der Waals surface area (Å²) >= 11 is 0. The van der Waals surface area contributed by atoms with Crippen molar-refractivity contribution in [3.8, 4) is 6.07 Å². The summed E-state index contributed by atoms with van der Waals surface area (Å²) in [7, 11) is 0. The fraction of sp³-hybridized carbons (Fsp3) is 0.182. The van der Waals surface area contributed by atoms with Crippen LogP contribution >= 0.6 is 0 Å². The molecule has 1 aliphatic heterocycles. The van der Waals surface area contributed by atoms with Crippen LogP contribution in [0.15, 0.2) is 24.3 Å². The monoisotopic (exact) mass is 188 g/mol. The van der Waals surface area contributed by atoms with E-state index in [2.05, 4.69) is 5.32 Å². The molecule has 2 nitrogen and oxygen atoms in total. The number of anilines is 1. The summed E-state index contributed by atoms with van der Waals surface area (Å²) in [6, 6.07) is 6.59. The molecule has 2 rings (SSSR count). The Morgan fingerprint density at radius 3 is 3.14 bits per heavy atom. The lowest BCUT2D eigenvalue weighted by Crippen LogP contribution is -2.11. The normalized spacial score (nSPS) is 17.0. The summed E-state index contributed by atoms with van der Waals surface area (Å²) in [6.45, 7) is 0.754. The zero-order valence-electron chi connectivity index (χ0n) is 7.55. The Balaban J connectivity index is 2.51. The van der Waals surface area contributed by atoms with Crippen LogP contribution in [-0.2, 0) is 0 Å². The van der Waals surface area contributed by atoms with Crippen LogP contribution in [0, 0.1) is 17.1 Å². The average molecular weight is 188 g/mol. The molecule has 0 saturated carbocycles. The van der Waals surface area contributed by atoms with Crippen molar-refractivity contribution >= 4 is 11.3 Å². The lowest BCUT2D eigenvalue weighted by molar-refractivity contribution is 0.628. The molecule has 0 fully saturated rings. The molecule has 0 unspecified atom stereocenters. The van der Waals surface area contributed by atoms with Gasteiger partial charge in [0.25, 0.3) is 0 Å². The zero-order chi connectivity index (χ0) is 9.97. The molecule has 0 bridgehead atoms. The Hall–Kier alpha value is -1.82. The molecule has 1 aromatic carbocycles. The van der Waals surface area contributed by atoms with Crippen LogP contribution in [0.5, 0.6) is 0 Å². The number of hydrogen-bond acceptors (Lipinski definition) is 2. The molecule has 0 aromatic heterocycles. The quantitative estimate of drug-likeness (QED) is 0.635.